The summed E-state index contributed by atoms with van der Waals surface area (Å²) in [5, 5.41) is 11.4. The third kappa shape index (κ3) is 2.70. The van der Waals surface area contributed by atoms with Crippen LogP contribution in [0.5, 0.6) is 0 Å². The number of nitrogens with zero attached hydrogens (tertiary/aromatic N) is 3. The Hall–Kier alpha value is -2.11. The molecule has 1 aromatic carbocycles. The Bertz CT molecular complexity index is 816. The predicted octanol–water partition coefficient (Wildman–Crippen LogP) is 2.97. The molecule has 0 unspecified atom stereocenters. The van der Waals surface area contributed by atoms with Gasteiger partial charge in [-0.1, -0.05) is 35.3 Å². The maximum atomic E-state index is 12.1. The zero-order valence-corrected chi connectivity index (χ0v) is 12.3. The van der Waals surface area contributed by atoms with Gasteiger partial charge in [-0.25, -0.2) is 0 Å². The minimum Gasteiger partial charge on any atom is -0.345 e. The minimum atomic E-state index is -0.310. The van der Waals surface area contributed by atoms with Crippen LogP contribution in [0.3, 0.4) is 0 Å². The molecule has 7 heteroatoms. The second-order valence-electron chi connectivity index (χ2n) is 4.33. The van der Waals surface area contributed by atoms with Crippen LogP contribution in [-0.2, 0) is 6.54 Å². The molecule has 1 N–H and O–H groups in total. The molecule has 0 saturated heterocycles. The summed E-state index contributed by atoms with van der Waals surface area (Å²) in [5.41, 5.74) is 1.06. The summed E-state index contributed by atoms with van der Waals surface area (Å²) >= 11 is 11.9. The van der Waals surface area contributed by atoms with Gasteiger partial charge in [-0.05, 0) is 24.3 Å². The molecule has 3 rings (SSSR count). The Morgan fingerprint density at radius 2 is 2.00 bits per heavy atom. The van der Waals surface area contributed by atoms with Crippen LogP contribution in [0.25, 0.3) is 5.65 Å². The van der Waals surface area contributed by atoms with Gasteiger partial charge >= 0.3 is 0 Å². The van der Waals surface area contributed by atoms with Crippen LogP contribution in [0.4, 0.5) is 0 Å². The number of nitrogens with one attached hydrogen (secondary N) is 1. The van der Waals surface area contributed by atoms with E-state index in [9.17, 15) is 4.79 Å². The first-order valence-electron chi connectivity index (χ1n) is 6.17. The lowest BCUT2D eigenvalue weighted by Crippen LogP contribution is -2.24. The third-order valence-electron chi connectivity index (χ3n) is 2.99. The van der Waals surface area contributed by atoms with Crippen molar-refractivity contribution in [3.63, 3.8) is 0 Å². The van der Waals surface area contributed by atoms with E-state index < -0.39 is 0 Å². The molecule has 2 aromatic heterocycles. The fourth-order valence-electron chi connectivity index (χ4n) is 1.95. The maximum Gasteiger partial charge on any atom is 0.253 e. The van der Waals surface area contributed by atoms with E-state index in [1.165, 1.54) is 0 Å². The molecule has 2 heterocycles. The van der Waals surface area contributed by atoms with Crippen LogP contribution in [0.2, 0.25) is 10.0 Å². The Kier molecular flexibility index (Phi) is 3.77. The number of halogens is 2. The number of aromatic nitrogens is 3. The van der Waals surface area contributed by atoms with E-state index in [-0.39, 0.29) is 17.5 Å². The predicted molar refractivity (Wildman–Crippen MR) is 80.6 cm³/mol. The van der Waals surface area contributed by atoms with E-state index in [0.29, 0.717) is 16.4 Å². The molecule has 1 amide bonds. The highest BCUT2D eigenvalue weighted by Crippen LogP contribution is 2.25. The summed E-state index contributed by atoms with van der Waals surface area (Å²) in [4.78, 5) is 12.1. The van der Waals surface area contributed by atoms with Crippen molar-refractivity contribution in [3.05, 3.63) is 64.0 Å². The summed E-state index contributed by atoms with van der Waals surface area (Å²) in [6.45, 7) is 0.243. The van der Waals surface area contributed by atoms with Gasteiger partial charge in [0.1, 0.15) is 0 Å². The number of carbonyl (C=O) groups is 1. The van der Waals surface area contributed by atoms with Gasteiger partial charge in [0.15, 0.2) is 11.5 Å². The van der Waals surface area contributed by atoms with Crippen molar-refractivity contribution in [2.24, 2.45) is 0 Å². The zero-order valence-electron chi connectivity index (χ0n) is 10.8. The molecule has 0 atom stereocenters. The molecule has 0 radical (unpaired) electrons. The Balaban J connectivity index is 1.78. The number of amides is 1. The standard InChI is InChI=1S/C14H10Cl2N4O/c15-10-5-3-4-9(13(10)16)14(21)17-8-12-19-18-11-6-1-2-7-20(11)12/h1-7H,8H2,(H,17,21). The van der Waals surface area contributed by atoms with Crippen LogP contribution in [-0.4, -0.2) is 20.5 Å². The number of hydrogen-bond donors (Lipinski definition) is 1. The van der Waals surface area contributed by atoms with Gasteiger partial charge in [0, 0.05) is 6.20 Å². The normalized spacial score (nSPS) is 10.8. The first-order valence-corrected chi connectivity index (χ1v) is 6.93. The Morgan fingerprint density at radius 3 is 2.86 bits per heavy atom. The van der Waals surface area contributed by atoms with Gasteiger partial charge < -0.3 is 5.32 Å². The third-order valence-corrected chi connectivity index (χ3v) is 3.81. The van der Waals surface area contributed by atoms with E-state index in [0.717, 1.165) is 5.65 Å². The van der Waals surface area contributed by atoms with Crippen LogP contribution in [0, 0.1) is 0 Å². The molecule has 0 saturated carbocycles. The number of fused-ring (bicyclic) bond motifs is 1. The fourth-order valence-corrected chi connectivity index (χ4v) is 2.33. The Morgan fingerprint density at radius 1 is 1.14 bits per heavy atom. The lowest BCUT2D eigenvalue weighted by Gasteiger charge is -2.06. The van der Waals surface area contributed by atoms with Gasteiger partial charge in [0.05, 0.1) is 22.2 Å². The number of benzene rings is 1. The molecule has 0 bridgehead atoms. The van der Waals surface area contributed by atoms with Crippen LogP contribution < -0.4 is 5.32 Å². The van der Waals surface area contributed by atoms with Crippen LogP contribution >= 0.6 is 23.2 Å². The highest BCUT2D eigenvalue weighted by molar-refractivity contribution is 6.43. The molecule has 21 heavy (non-hydrogen) atoms. The molecule has 106 valence electrons. The van der Waals surface area contributed by atoms with Crippen molar-refractivity contribution in [3.8, 4) is 0 Å². The van der Waals surface area contributed by atoms with E-state index in [1.54, 1.807) is 22.6 Å². The molecule has 0 spiro atoms. The summed E-state index contributed by atoms with van der Waals surface area (Å²) < 4.78 is 1.81. The van der Waals surface area contributed by atoms with Crippen molar-refractivity contribution in [1.82, 2.24) is 19.9 Å². The van der Waals surface area contributed by atoms with E-state index >= 15 is 0 Å². The van der Waals surface area contributed by atoms with Crippen molar-refractivity contribution >= 4 is 34.8 Å². The van der Waals surface area contributed by atoms with Crippen molar-refractivity contribution in [2.75, 3.05) is 0 Å². The largest absolute Gasteiger partial charge is 0.345 e. The molecule has 0 aliphatic rings. The van der Waals surface area contributed by atoms with Crippen LogP contribution in [0.1, 0.15) is 16.2 Å². The summed E-state index contributed by atoms with van der Waals surface area (Å²) in [6, 6.07) is 10.5. The second-order valence-corrected chi connectivity index (χ2v) is 5.11. The minimum absolute atomic E-state index is 0.239. The smallest absolute Gasteiger partial charge is 0.253 e. The molecule has 3 aromatic rings. The zero-order chi connectivity index (χ0) is 14.8. The SMILES string of the molecule is O=C(NCc1nnc2ccccn12)c1cccc(Cl)c1Cl. The van der Waals surface area contributed by atoms with Crippen molar-refractivity contribution in [1.29, 1.82) is 0 Å². The molecule has 0 aliphatic heterocycles. The van der Waals surface area contributed by atoms with Crippen LogP contribution in [0.15, 0.2) is 42.6 Å². The molecule has 0 fully saturated rings. The number of carbonyl (C=O) groups excluding carboxylic acids is 1. The topological polar surface area (TPSA) is 59.3 Å². The van der Waals surface area contributed by atoms with Gasteiger partial charge in [0.25, 0.3) is 5.91 Å². The van der Waals surface area contributed by atoms with Gasteiger partial charge in [0.2, 0.25) is 0 Å². The number of rotatable bonds is 3. The van der Waals surface area contributed by atoms with E-state index in [4.69, 9.17) is 23.2 Å². The first-order chi connectivity index (χ1) is 10.2. The van der Waals surface area contributed by atoms with E-state index in [1.807, 2.05) is 24.4 Å². The second kappa shape index (κ2) is 5.71. The Labute approximate surface area is 130 Å². The molecule has 5 nitrogen and oxygen atoms in total. The molecular formula is C14H10Cl2N4O. The average molecular weight is 321 g/mol. The van der Waals surface area contributed by atoms with Gasteiger partial charge in [-0.3, -0.25) is 9.20 Å². The first kappa shape index (κ1) is 13.9. The lowest BCUT2D eigenvalue weighted by molar-refractivity contribution is 0.0950. The highest BCUT2D eigenvalue weighted by Gasteiger charge is 2.13. The highest BCUT2D eigenvalue weighted by atomic mass is 35.5. The molecular weight excluding hydrogens is 311 g/mol. The summed E-state index contributed by atoms with van der Waals surface area (Å²) in [5.74, 6) is 0.326. The van der Waals surface area contributed by atoms with E-state index in [2.05, 4.69) is 15.5 Å². The van der Waals surface area contributed by atoms with Crippen molar-refractivity contribution < 1.29 is 4.79 Å². The fraction of sp³-hybridized carbons (Fsp3) is 0.0714. The van der Waals surface area contributed by atoms with Gasteiger partial charge in [-0.15, -0.1) is 10.2 Å². The average Bonchev–Trinajstić information content (AvgIpc) is 2.91. The number of hydrogen-bond acceptors (Lipinski definition) is 3. The number of pyridine rings is 1. The quantitative estimate of drug-likeness (QED) is 0.807. The lowest BCUT2D eigenvalue weighted by atomic mass is 10.2. The molecule has 0 aliphatic carbocycles. The van der Waals surface area contributed by atoms with Gasteiger partial charge in [-0.2, -0.15) is 0 Å². The summed E-state index contributed by atoms with van der Waals surface area (Å²) in [7, 11) is 0. The van der Waals surface area contributed by atoms with Crippen molar-refractivity contribution in [2.45, 2.75) is 6.54 Å². The maximum absolute atomic E-state index is 12.1. The monoisotopic (exact) mass is 320 g/mol. The summed E-state index contributed by atoms with van der Waals surface area (Å²) in [6.07, 6.45) is 1.84.